The van der Waals surface area contributed by atoms with E-state index in [1.54, 1.807) is 18.2 Å². The van der Waals surface area contributed by atoms with E-state index < -0.39 is 0 Å². The highest BCUT2D eigenvalue weighted by Gasteiger charge is 2.24. The Morgan fingerprint density at radius 3 is 2.78 bits per heavy atom. The molecular weight excluding hydrogens is 288 g/mol. The van der Waals surface area contributed by atoms with Crippen LogP contribution in [0.5, 0.6) is 5.75 Å². The fraction of sp³-hybridized carbons (Fsp3) is 0.316. The number of hydrogen-bond acceptors (Lipinski definition) is 3. The van der Waals surface area contributed by atoms with Gasteiger partial charge in [0.25, 0.3) is 0 Å². The van der Waals surface area contributed by atoms with Gasteiger partial charge in [0.2, 0.25) is 5.91 Å². The fourth-order valence-corrected chi connectivity index (χ4v) is 3.02. The van der Waals surface area contributed by atoms with Crippen LogP contribution < -0.4 is 5.32 Å². The molecule has 0 bridgehead atoms. The molecule has 2 aromatic carbocycles. The highest BCUT2D eigenvalue weighted by Crippen LogP contribution is 2.20. The van der Waals surface area contributed by atoms with Gasteiger partial charge in [-0.15, -0.1) is 0 Å². The molecule has 23 heavy (non-hydrogen) atoms. The maximum absolute atomic E-state index is 12.4. The molecule has 1 aliphatic heterocycles. The lowest BCUT2D eigenvalue weighted by molar-refractivity contribution is -0.126. The van der Waals surface area contributed by atoms with Crippen molar-refractivity contribution < 1.29 is 9.90 Å². The van der Waals surface area contributed by atoms with Crippen LogP contribution in [-0.2, 0) is 24.3 Å². The lowest BCUT2D eigenvalue weighted by atomic mass is 9.99. The third kappa shape index (κ3) is 3.71. The van der Waals surface area contributed by atoms with Crippen LogP contribution in [0.4, 0.5) is 0 Å². The average Bonchev–Trinajstić information content (AvgIpc) is 2.58. The Bertz CT molecular complexity index is 699. The van der Waals surface area contributed by atoms with Crippen LogP contribution >= 0.6 is 0 Å². The second-order valence-corrected chi connectivity index (χ2v) is 6.05. The molecule has 0 fully saturated rings. The van der Waals surface area contributed by atoms with Crippen LogP contribution in [0.15, 0.2) is 48.5 Å². The van der Waals surface area contributed by atoms with Crippen molar-refractivity contribution in [2.24, 2.45) is 0 Å². The number of amides is 1. The number of benzene rings is 2. The molecule has 2 N–H and O–H groups in total. The zero-order chi connectivity index (χ0) is 16.2. The Balaban J connectivity index is 1.58. The summed E-state index contributed by atoms with van der Waals surface area (Å²) in [6.45, 7) is 4.10. The average molecular weight is 310 g/mol. The van der Waals surface area contributed by atoms with Crippen molar-refractivity contribution in [2.75, 3.05) is 6.54 Å². The molecule has 4 heteroatoms. The molecule has 2 aromatic rings. The van der Waals surface area contributed by atoms with Crippen molar-refractivity contribution in [1.82, 2.24) is 10.2 Å². The van der Waals surface area contributed by atoms with E-state index in [2.05, 4.69) is 34.5 Å². The Labute approximate surface area is 136 Å². The zero-order valence-electron chi connectivity index (χ0n) is 13.3. The van der Waals surface area contributed by atoms with E-state index in [4.69, 9.17) is 0 Å². The smallest absolute Gasteiger partial charge is 0.237 e. The van der Waals surface area contributed by atoms with Gasteiger partial charge in [-0.1, -0.05) is 36.4 Å². The Morgan fingerprint density at radius 2 is 2.00 bits per heavy atom. The molecule has 0 spiro atoms. The molecule has 120 valence electrons. The molecule has 1 aliphatic rings. The first-order valence-corrected chi connectivity index (χ1v) is 8.00. The van der Waals surface area contributed by atoms with Crippen molar-refractivity contribution in [1.29, 1.82) is 0 Å². The zero-order valence-corrected chi connectivity index (χ0v) is 13.3. The normalized spacial score (nSPS) is 15.7. The Hall–Kier alpha value is -2.33. The van der Waals surface area contributed by atoms with Crippen LogP contribution in [0, 0.1) is 0 Å². The number of phenols is 1. The summed E-state index contributed by atoms with van der Waals surface area (Å²) < 4.78 is 0. The molecule has 1 atom stereocenters. The molecule has 0 aliphatic carbocycles. The first kappa shape index (κ1) is 15.6. The number of nitrogens with zero attached hydrogens (tertiary/aromatic N) is 1. The topological polar surface area (TPSA) is 52.6 Å². The fourth-order valence-electron chi connectivity index (χ4n) is 3.02. The maximum Gasteiger partial charge on any atom is 0.237 e. The Morgan fingerprint density at radius 1 is 1.22 bits per heavy atom. The first-order valence-electron chi connectivity index (χ1n) is 8.00. The first-order chi connectivity index (χ1) is 11.1. The number of rotatable bonds is 4. The second kappa shape index (κ2) is 6.84. The largest absolute Gasteiger partial charge is 0.508 e. The molecule has 0 aromatic heterocycles. The van der Waals surface area contributed by atoms with E-state index in [1.807, 2.05) is 13.0 Å². The predicted octanol–water partition coefficient (Wildman–Crippen LogP) is 2.46. The van der Waals surface area contributed by atoms with Crippen molar-refractivity contribution in [2.45, 2.75) is 32.5 Å². The van der Waals surface area contributed by atoms with Gasteiger partial charge in [-0.25, -0.2) is 0 Å². The Kier molecular flexibility index (Phi) is 4.63. The van der Waals surface area contributed by atoms with Crippen molar-refractivity contribution >= 4 is 5.91 Å². The number of fused-ring (bicyclic) bond motifs is 1. The number of carbonyl (C=O) groups is 1. The summed E-state index contributed by atoms with van der Waals surface area (Å²) in [5, 5.41) is 12.4. The summed E-state index contributed by atoms with van der Waals surface area (Å²) in [6.07, 6.45) is 0.986. The van der Waals surface area contributed by atoms with Crippen LogP contribution in [0.3, 0.4) is 0 Å². The lowest BCUT2D eigenvalue weighted by Crippen LogP contribution is -2.46. The summed E-state index contributed by atoms with van der Waals surface area (Å²) in [6, 6.07) is 15.2. The summed E-state index contributed by atoms with van der Waals surface area (Å²) in [4.78, 5) is 14.6. The van der Waals surface area contributed by atoms with Gasteiger partial charge in [0, 0.05) is 19.6 Å². The van der Waals surface area contributed by atoms with Crippen LogP contribution in [0.2, 0.25) is 0 Å². The van der Waals surface area contributed by atoms with Gasteiger partial charge in [-0.05, 0) is 42.2 Å². The number of carbonyl (C=O) groups excluding carboxylic acids is 1. The van der Waals surface area contributed by atoms with E-state index in [1.165, 1.54) is 11.1 Å². The van der Waals surface area contributed by atoms with Gasteiger partial charge in [0.05, 0.1) is 6.04 Å². The predicted molar refractivity (Wildman–Crippen MR) is 90.0 cm³/mol. The molecule has 0 saturated heterocycles. The van der Waals surface area contributed by atoms with Gasteiger partial charge in [-0.3, -0.25) is 9.69 Å². The molecule has 3 rings (SSSR count). The van der Waals surface area contributed by atoms with Crippen molar-refractivity contribution in [3.63, 3.8) is 0 Å². The van der Waals surface area contributed by atoms with Crippen LogP contribution in [0.25, 0.3) is 0 Å². The van der Waals surface area contributed by atoms with Crippen molar-refractivity contribution in [3.8, 4) is 5.75 Å². The minimum Gasteiger partial charge on any atom is -0.508 e. The SMILES string of the molecule is CC(C(=O)NCc1cccc(O)c1)N1CCc2ccccc2C1. The minimum atomic E-state index is -0.166. The van der Waals surface area contributed by atoms with E-state index in [-0.39, 0.29) is 17.7 Å². The summed E-state index contributed by atoms with van der Waals surface area (Å²) in [7, 11) is 0. The monoisotopic (exact) mass is 310 g/mol. The minimum absolute atomic E-state index is 0.0210. The van der Waals surface area contributed by atoms with Crippen molar-refractivity contribution in [3.05, 3.63) is 65.2 Å². The lowest BCUT2D eigenvalue weighted by Gasteiger charge is -2.32. The number of aromatic hydroxyl groups is 1. The molecule has 0 saturated carbocycles. The van der Waals surface area contributed by atoms with Gasteiger partial charge in [-0.2, -0.15) is 0 Å². The molecule has 0 radical (unpaired) electrons. The standard InChI is InChI=1S/C19H22N2O2/c1-14(19(23)20-12-15-5-4-8-18(22)11-15)21-10-9-16-6-2-3-7-17(16)13-21/h2-8,11,14,22H,9-10,12-13H2,1H3,(H,20,23). The third-order valence-corrected chi connectivity index (χ3v) is 4.46. The second-order valence-electron chi connectivity index (χ2n) is 6.05. The summed E-state index contributed by atoms with van der Waals surface area (Å²) in [5.74, 6) is 0.241. The summed E-state index contributed by atoms with van der Waals surface area (Å²) in [5.41, 5.74) is 3.59. The third-order valence-electron chi connectivity index (χ3n) is 4.46. The molecule has 4 nitrogen and oxygen atoms in total. The maximum atomic E-state index is 12.4. The van der Waals surface area contributed by atoms with E-state index in [9.17, 15) is 9.90 Å². The van der Waals surface area contributed by atoms with Gasteiger partial charge in [0.1, 0.15) is 5.75 Å². The molecule has 1 amide bonds. The molecule has 1 heterocycles. The molecule has 1 unspecified atom stereocenters. The van der Waals surface area contributed by atoms with Crippen LogP contribution in [0.1, 0.15) is 23.6 Å². The highest BCUT2D eigenvalue weighted by atomic mass is 16.3. The number of phenolic OH excluding ortho intramolecular Hbond substituents is 1. The number of nitrogens with one attached hydrogen (secondary N) is 1. The van der Waals surface area contributed by atoms with E-state index in [0.29, 0.717) is 6.54 Å². The van der Waals surface area contributed by atoms with Gasteiger partial charge >= 0.3 is 0 Å². The number of hydrogen-bond donors (Lipinski definition) is 2. The van der Waals surface area contributed by atoms with E-state index in [0.717, 1.165) is 25.1 Å². The van der Waals surface area contributed by atoms with Gasteiger partial charge in [0.15, 0.2) is 0 Å². The molecular formula is C19H22N2O2. The summed E-state index contributed by atoms with van der Waals surface area (Å²) >= 11 is 0. The van der Waals surface area contributed by atoms with E-state index >= 15 is 0 Å². The van der Waals surface area contributed by atoms with Gasteiger partial charge < -0.3 is 10.4 Å². The highest BCUT2D eigenvalue weighted by molar-refractivity contribution is 5.81. The van der Waals surface area contributed by atoms with Crippen LogP contribution in [-0.4, -0.2) is 28.5 Å². The quantitative estimate of drug-likeness (QED) is 0.912.